The topological polar surface area (TPSA) is 92.3 Å². The van der Waals surface area contributed by atoms with Gasteiger partial charge in [-0.25, -0.2) is 8.42 Å². The van der Waals surface area contributed by atoms with Crippen LogP contribution in [0.5, 0.6) is 0 Å². The molecule has 0 bridgehead atoms. The molecule has 1 aromatic carbocycles. The maximum Gasteiger partial charge on any atom is 0.262 e. The summed E-state index contributed by atoms with van der Waals surface area (Å²) in [6, 6.07) is 11.2. The van der Waals surface area contributed by atoms with Gasteiger partial charge in [0.2, 0.25) is 5.91 Å². The van der Waals surface area contributed by atoms with Gasteiger partial charge in [0.1, 0.15) is 0 Å². The van der Waals surface area contributed by atoms with Gasteiger partial charge in [0.05, 0.1) is 16.4 Å². The third-order valence-electron chi connectivity index (χ3n) is 4.19. The van der Waals surface area contributed by atoms with Crippen LogP contribution in [0.3, 0.4) is 0 Å². The summed E-state index contributed by atoms with van der Waals surface area (Å²) in [5.41, 5.74) is 1.84. The van der Waals surface area contributed by atoms with Crippen molar-refractivity contribution < 1.29 is 18.0 Å². The quantitative estimate of drug-likeness (QED) is 0.785. The zero-order valence-electron chi connectivity index (χ0n) is 14.1. The van der Waals surface area contributed by atoms with Crippen molar-refractivity contribution in [1.29, 1.82) is 0 Å². The molecule has 1 aromatic heterocycles. The molecular weight excluding hydrogens is 372 g/mol. The second kappa shape index (κ2) is 8.01. The Balaban J connectivity index is 1.49. The van der Waals surface area contributed by atoms with Gasteiger partial charge in [0.15, 0.2) is 9.84 Å². The van der Waals surface area contributed by atoms with E-state index in [4.69, 9.17) is 0 Å². The molecule has 0 radical (unpaired) electrons. The monoisotopic (exact) mass is 392 g/mol. The van der Waals surface area contributed by atoms with Crippen LogP contribution in [0.15, 0.2) is 41.8 Å². The number of benzene rings is 1. The largest absolute Gasteiger partial charge is 0.352 e. The van der Waals surface area contributed by atoms with Gasteiger partial charge >= 0.3 is 0 Å². The van der Waals surface area contributed by atoms with Gasteiger partial charge in [-0.05, 0) is 23.4 Å². The van der Waals surface area contributed by atoms with Crippen molar-refractivity contribution in [3.63, 3.8) is 0 Å². The average Bonchev–Trinajstić information content (AvgIpc) is 3.22. The lowest BCUT2D eigenvalue weighted by Gasteiger charge is -2.11. The van der Waals surface area contributed by atoms with Crippen LogP contribution < -0.4 is 10.6 Å². The molecule has 2 heterocycles. The van der Waals surface area contributed by atoms with Crippen molar-refractivity contribution in [3.8, 4) is 11.1 Å². The van der Waals surface area contributed by atoms with E-state index in [2.05, 4.69) is 10.6 Å². The molecule has 1 fully saturated rings. The molecule has 0 aliphatic carbocycles. The molecule has 1 saturated heterocycles. The van der Waals surface area contributed by atoms with Gasteiger partial charge in [-0.2, -0.15) is 0 Å². The molecule has 8 heteroatoms. The summed E-state index contributed by atoms with van der Waals surface area (Å²) in [5.74, 6) is -0.340. The number of rotatable bonds is 6. The first kappa shape index (κ1) is 18.6. The highest BCUT2D eigenvalue weighted by Gasteiger charge is 2.28. The van der Waals surface area contributed by atoms with E-state index < -0.39 is 9.84 Å². The molecule has 1 atom stereocenters. The maximum absolute atomic E-state index is 12.4. The summed E-state index contributed by atoms with van der Waals surface area (Å²) in [6.07, 6.45) is 0.574. The minimum Gasteiger partial charge on any atom is -0.352 e. The molecule has 6 nitrogen and oxygen atoms in total. The standard InChI is InChI=1S/C18H20N2O4S2/c21-16(20-14-8-11-26(23,24)12-14)6-9-19-18(22)17-15(7-10-25-17)13-4-2-1-3-5-13/h1-5,7,10,14H,6,8-9,11-12H2,(H,19,22)(H,20,21)/t14-/m0/s1. The zero-order chi connectivity index (χ0) is 18.6. The van der Waals surface area contributed by atoms with Crippen molar-refractivity contribution >= 4 is 33.0 Å². The lowest BCUT2D eigenvalue weighted by atomic mass is 10.1. The van der Waals surface area contributed by atoms with E-state index in [0.717, 1.165) is 11.1 Å². The predicted molar refractivity (Wildman–Crippen MR) is 102 cm³/mol. The number of sulfone groups is 1. The normalized spacial score (nSPS) is 18.4. The second-order valence-electron chi connectivity index (χ2n) is 6.20. The molecule has 138 valence electrons. The predicted octanol–water partition coefficient (Wildman–Crippen LogP) is 1.84. The Labute approximate surface area is 156 Å². The van der Waals surface area contributed by atoms with E-state index in [1.165, 1.54) is 11.3 Å². The second-order valence-corrected chi connectivity index (χ2v) is 9.35. The molecule has 0 spiro atoms. The minimum absolute atomic E-state index is 0.000724. The summed E-state index contributed by atoms with van der Waals surface area (Å²) < 4.78 is 22.8. The SMILES string of the molecule is O=C(CCNC(=O)c1sccc1-c1ccccc1)N[C@H]1CCS(=O)(=O)C1. The first-order valence-corrected chi connectivity index (χ1v) is 11.1. The molecule has 1 aliphatic rings. The Morgan fingerprint density at radius 2 is 1.92 bits per heavy atom. The van der Waals surface area contributed by atoms with Crippen LogP contribution in [0.25, 0.3) is 11.1 Å². The number of nitrogens with one attached hydrogen (secondary N) is 2. The fraction of sp³-hybridized carbons (Fsp3) is 0.333. The Morgan fingerprint density at radius 1 is 1.15 bits per heavy atom. The third kappa shape index (κ3) is 4.70. The number of carbonyl (C=O) groups is 2. The van der Waals surface area contributed by atoms with Crippen molar-refractivity contribution in [2.45, 2.75) is 18.9 Å². The van der Waals surface area contributed by atoms with E-state index in [-0.39, 0.29) is 42.3 Å². The smallest absolute Gasteiger partial charge is 0.262 e. The van der Waals surface area contributed by atoms with Crippen molar-refractivity contribution in [3.05, 3.63) is 46.7 Å². The summed E-state index contributed by atoms with van der Waals surface area (Å²) >= 11 is 1.36. The summed E-state index contributed by atoms with van der Waals surface area (Å²) in [5, 5.41) is 7.34. The number of hydrogen-bond acceptors (Lipinski definition) is 5. The highest BCUT2D eigenvalue weighted by Crippen LogP contribution is 2.27. The number of thiophene rings is 1. The van der Waals surface area contributed by atoms with Gasteiger partial charge in [0.25, 0.3) is 5.91 Å². The molecule has 2 aromatic rings. The summed E-state index contributed by atoms with van der Waals surface area (Å²) in [7, 11) is -3.02. The highest BCUT2D eigenvalue weighted by molar-refractivity contribution is 7.91. The van der Waals surface area contributed by atoms with Crippen molar-refractivity contribution in [2.75, 3.05) is 18.1 Å². The van der Waals surface area contributed by atoms with Crippen LogP contribution >= 0.6 is 11.3 Å². The molecule has 0 unspecified atom stereocenters. The summed E-state index contributed by atoms with van der Waals surface area (Å²) in [4.78, 5) is 24.9. The van der Waals surface area contributed by atoms with Gasteiger partial charge in [-0.15, -0.1) is 11.3 Å². The van der Waals surface area contributed by atoms with Gasteiger partial charge in [-0.1, -0.05) is 30.3 Å². The van der Waals surface area contributed by atoms with Crippen LogP contribution in [0.2, 0.25) is 0 Å². The molecule has 1 aliphatic heterocycles. The lowest BCUT2D eigenvalue weighted by Crippen LogP contribution is -2.37. The Bertz CT molecular complexity index is 891. The third-order valence-corrected chi connectivity index (χ3v) is 6.87. The fourth-order valence-corrected chi connectivity index (χ4v) is 5.41. The van der Waals surface area contributed by atoms with Crippen LogP contribution in [0, 0.1) is 0 Å². The first-order valence-electron chi connectivity index (χ1n) is 8.35. The lowest BCUT2D eigenvalue weighted by molar-refractivity contribution is -0.121. The molecular formula is C18H20N2O4S2. The highest BCUT2D eigenvalue weighted by atomic mass is 32.2. The maximum atomic E-state index is 12.4. The van der Waals surface area contributed by atoms with Gasteiger partial charge in [-0.3, -0.25) is 9.59 Å². The molecule has 2 N–H and O–H groups in total. The van der Waals surface area contributed by atoms with Gasteiger partial charge in [0, 0.05) is 24.6 Å². The Hall–Kier alpha value is -2.19. The fourth-order valence-electron chi connectivity index (χ4n) is 2.91. The van der Waals surface area contributed by atoms with Crippen molar-refractivity contribution in [1.82, 2.24) is 10.6 Å². The van der Waals surface area contributed by atoms with Crippen molar-refractivity contribution in [2.24, 2.45) is 0 Å². The minimum atomic E-state index is -3.02. The number of hydrogen-bond donors (Lipinski definition) is 2. The number of amides is 2. The average molecular weight is 393 g/mol. The van der Waals surface area contributed by atoms with E-state index in [1.54, 1.807) is 0 Å². The Kier molecular flexibility index (Phi) is 5.73. The van der Waals surface area contributed by atoms with Crippen LogP contribution in [0.4, 0.5) is 0 Å². The van der Waals surface area contributed by atoms with Gasteiger partial charge < -0.3 is 10.6 Å². The summed E-state index contributed by atoms with van der Waals surface area (Å²) in [6.45, 7) is 0.205. The van der Waals surface area contributed by atoms with Crippen LogP contribution in [-0.2, 0) is 14.6 Å². The van der Waals surface area contributed by atoms with E-state index in [0.29, 0.717) is 11.3 Å². The Morgan fingerprint density at radius 3 is 2.62 bits per heavy atom. The van der Waals surface area contributed by atoms with E-state index in [1.807, 2.05) is 41.8 Å². The van der Waals surface area contributed by atoms with E-state index in [9.17, 15) is 18.0 Å². The zero-order valence-corrected chi connectivity index (χ0v) is 15.7. The van der Waals surface area contributed by atoms with Crippen LogP contribution in [-0.4, -0.2) is 44.3 Å². The van der Waals surface area contributed by atoms with Crippen LogP contribution in [0.1, 0.15) is 22.5 Å². The molecule has 26 heavy (non-hydrogen) atoms. The first-order chi connectivity index (χ1) is 12.4. The molecule has 0 saturated carbocycles. The van der Waals surface area contributed by atoms with E-state index >= 15 is 0 Å². The number of carbonyl (C=O) groups excluding carboxylic acids is 2. The molecule has 2 amide bonds. The molecule has 3 rings (SSSR count).